The molecule has 0 aliphatic carbocycles. The molecule has 3 rings (SSSR count). The number of nitrogens with zero attached hydrogens (tertiary/aromatic N) is 4. The van der Waals surface area contributed by atoms with Gasteiger partial charge in [-0.05, 0) is 54.6 Å². The molecule has 0 fully saturated rings. The van der Waals surface area contributed by atoms with Crippen LogP contribution < -0.4 is 10.9 Å². The maximum absolute atomic E-state index is 9.89. The molecule has 0 atom stereocenters. The van der Waals surface area contributed by atoms with Gasteiger partial charge in [-0.15, -0.1) is 5.10 Å². The van der Waals surface area contributed by atoms with Gasteiger partial charge in [-0.3, -0.25) is 0 Å². The Morgan fingerprint density at radius 3 is 1.41 bits per heavy atom. The molecule has 0 saturated heterocycles. The second-order valence-electron chi connectivity index (χ2n) is 6.54. The molecule has 0 aliphatic rings. The van der Waals surface area contributed by atoms with Gasteiger partial charge < -0.3 is 15.3 Å². The lowest BCUT2D eigenvalue weighted by atomic mass is 10.2. The van der Waals surface area contributed by atoms with E-state index in [-0.39, 0.29) is 23.2 Å². The molecule has 9 nitrogen and oxygen atoms in total. The molecule has 34 heavy (non-hydrogen) atoms. The lowest BCUT2D eigenvalue weighted by Gasteiger charge is -2.04. The van der Waals surface area contributed by atoms with Gasteiger partial charge in [0.25, 0.3) is 5.96 Å². The van der Waals surface area contributed by atoms with Crippen LogP contribution in [0.5, 0.6) is 17.2 Å². The number of hydrogen-bond donors (Lipinski definition) is 5. The van der Waals surface area contributed by atoms with E-state index in [0.29, 0.717) is 31.8 Å². The number of hydrogen-bond acceptors (Lipinski definition) is 7. The summed E-state index contributed by atoms with van der Waals surface area (Å²) in [5.41, 5.74) is 6.24. The Balaban J connectivity index is 1.80. The smallest absolute Gasteiger partial charge is 0.257 e. The predicted molar refractivity (Wildman–Crippen MR) is 136 cm³/mol. The fourth-order valence-corrected chi connectivity index (χ4v) is 2.97. The van der Waals surface area contributed by atoms with Gasteiger partial charge in [0, 0.05) is 31.8 Å². The lowest BCUT2D eigenvalue weighted by molar-refractivity contribution is 0.474. The van der Waals surface area contributed by atoms with Crippen LogP contribution in [0.1, 0.15) is 16.7 Å². The number of nitrogens with one attached hydrogen (secondary N) is 2. The van der Waals surface area contributed by atoms with Crippen molar-refractivity contribution >= 4 is 59.4 Å². The molecule has 0 bridgehead atoms. The van der Waals surface area contributed by atoms with E-state index in [1.807, 2.05) is 0 Å². The minimum atomic E-state index is -0.0340. The summed E-state index contributed by atoms with van der Waals surface area (Å²) in [6.45, 7) is 0. The van der Waals surface area contributed by atoms with Crippen LogP contribution in [-0.4, -0.2) is 39.9 Å². The van der Waals surface area contributed by atoms with Gasteiger partial charge in [-0.25, -0.2) is 10.9 Å². The van der Waals surface area contributed by atoms with Crippen LogP contribution >= 0.6 is 34.8 Å². The average Bonchev–Trinajstić information content (AvgIpc) is 2.80. The van der Waals surface area contributed by atoms with Crippen LogP contribution in [0.3, 0.4) is 0 Å². The first-order valence-corrected chi connectivity index (χ1v) is 10.6. The van der Waals surface area contributed by atoms with Gasteiger partial charge in [-0.1, -0.05) is 34.8 Å². The van der Waals surface area contributed by atoms with E-state index in [1.54, 1.807) is 0 Å². The number of halogens is 3. The van der Waals surface area contributed by atoms with E-state index in [9.17, 15) is 15.3 Å². The highest BCUT2D eigenvalue weighted by Crippen LogP contribution is 2.21. The molecule has 0 amide bonds. The van der Waals surface area contributed by atoms with Crippen LogP contribution in [0.15, 0.2) is 75.0 Å². The zero-order chi connectivity index (χ0) is 24.5. The molecule has 5 N–H and O–H groups in total. The average molecular weight is 520 g/mol. The van der Waals surface area contributed by atoms with Crippen molar-refractivity contribution in [2.45, 2.75) is 0 Å². The van der Waals surface area contributed by atoms with E-state index in [1.165, 1.54) is 73.2 Å². The Bertz CT molecular complexity index is 1230. The summed E-state index contributed by atoms with van der Waals surface area (Å²) in [6, 6.07) is 13.4. The van der Waals surface area contributed by atoms with Gasteiger partial charge in [0.2, 0.25) is 0 Å². The normalized spacial score (nSPS) is 11.4. The van der Waals surface area contributed by atoms with Gasteiger partial charge in [0.15, 0.2) is 0 Å². The van der Waals surface area contributed by atoms with E-state index >= 15 is 0 Å². The molecule has 3 aromatic rings. The number of guanidine groups is 1. The Morgan fingerprint density at radius 1 is 0.618 bits per heavy atom. The third kappa shape index (κ3) is 7.38. The van der Waals surface area contributed by atoms with Crippen molar-refractivity contribution in [1.29, 1.82) is 0 Å². The molecule has 3 aromatic carbocycles. The number of rotatable bonds is 6. The van der Waals surface area contributed by atoms with Crippen molar-refractivity contribution in [2.24, 2.45) is 20.4 Å². The van der Waals surface area contributed by atoms with Gasteiger partial charge in [-0.2, -0.15) is 15.3 Å². The minimum absolute atomic E-state index is 0.0229. The largest absolute Gasteiger partial charge is 0.507 e. The first-order valence-electron chi connectivity index (χ1n) is 9.46. The van der Waals surface area contributed by atoms with Gasteiger partial charge in [0.05, 0.1) is 18.6 Å². The van der Waals surface area contributed by atoms with E-state index in [2.05, 4.69) is 31.3 Å². The SMILES string of the molecule is Oc1ccc(Cl)cc1C=NN=C(NN=Cc1cc(Cl)ccc1O)NN=Cc1cc(Cl)ccc1O. The molecule has 0 aliphatic heterocycles. The second-order valence-corrected chi connectivity index (χ2v) is 7.85. The lowest BCUT2D eigenvalue weighted by Crippen LogP contribution is -2.30. The monoisotopic (exact) mass is 518 g/mol. The Morgan fingerprint density at radius 2 is 1.00 bits per heavy atom. The molecule has 0 radical (unpaired) electrons. The van der Waals surface area contributed by atoms with Crippen molar-refractivity contribution in [3.05, 3.63) is 86.4 Å². The van der Waals surface area contributed by atoms with E-state index in [0.717, 1.165) is 0 Å². The van der Waals surface area contributed by atoms with Crippen molar-refractivity contribution < 1.29 is 15.3 Å². The topological polar surface area (TPSA) is 134 Å². The standard InChI is InChI=1S/C22H17Cl3N6O3/c23-16-1-4-19(32)13(7-16)10-26-29-22(30-27-11-14-8-17(24)2-5-20(14)33)31-28-12-15-9-18(25)3-6-21(15)34/h1-12,32-34H,(H2,29,30,31). The summed E-state index contributed by atoms with van der Waals surface area (Å²) in [7, 11) is 0. The molecular formula is C22H17Cl3N6O3. The number of phenols is 3. The summed E-state index contributed by atoms with van der Waals surface area (Å²) in [5, 5.41) is 46.7. The molecule has 0 aromatic heterocycles. The first kappa shape index (κ1) is 24.8. The van der Waals surface area contributed by atoms with Crippen molar-refractivity contribution in [1.82, 2.24) is 10.9 Å². The minimum Gasteiger partial charge on any atom is -0.507 e. The molecule has 174 valence electrons. The van der Waals surface area contributed by atoms with Crippen LogP contribution in [0, 0.1) is 0 Å². The third-order valence-electron chi connectivity index (χ3n) is 4.07. The molecule has 0 heterocycles. The quantitative estimate of drug-likeness (QED) is 0.183. The Hall–Kier alpha value is -3.79. The number of hydrazone groups is 2. The highest BCUT2D eigenvalue weighted by atomic mass is 35.5. The molecule has 0 spiro atoms. The van der Waals surface area contributed by atoms with Gasteiger partial charge in [0.1, 0.15) is 17.2 Å². The highest BCUT2D eigenvalue weighted by Gasteiger charge is 2.02. The first-order chi connectivity index (χ1) is 16.3. The predicted octanol–water partition coefficient (Wildman–Crippen LogP) is 4.70. The van der Waals surface area contributed by atoms with E-state index < -0.39 is 0 Å². The summed E-state index contributed by atoms with van der Waals surface area (Å²) >= 11 is 17.8. The summed E-state index contributed by atoms with van der Waals surface area (Å²) in [6.07, 6.45) is 3.92. The van der Waals surface area contributed by atoms with Crippen LogP contribution in [0.2, 0.25) is 15.1 Å². The van der Waals surface area contributed by atoms with Crippen LogP contribution in [0.25, 0.3) is 0 Å². The number of benzene rings is 3. The third-order valence-corrected chi connectivity index (χ3v) is 4.78. The number of aromatic hydroxyl groups is 3. The van der Waals surface area contributed by atoms with E-state index in [4.69, 9.17) is 34.8 Å². The molecule has 12 heteroatoms. The van der Waals surface area contributed by atoms with Gasteiger partial charge >= 0.3 is 0 Å². The summed E-state index contributed by atoms with van der Waals surface area (Å²) in [4.78, 5) is 0. The second kappa shape index (κ2) is 11.9. The molecule has 0 unspecified atom stereocenters. The maximum atomic E-state index is 9.89. The van der Waals surface area contributed by atoms with Crippen LogP contribution in [-0.2, 0) is 0 Å². The van der Waals surface area contributed by atoms with Crippen molar-refractivity contribution in [2.75, 3.05) is 0 Å². The number of phenolic OH excluding ortho intramolecular Hbond substituents is 3. The summed E-state index contributed by atoms with van der Waals surface area (Å²) in [5.74, 6) is -0.112. The Labute approximate surface area is 209 Å². The zero-order valence-electron chi connectivity index (χ0n) is 17.2. The fraction of sp³-hybridized carbons (Fsp3) is 0. The fourth-order valence-electron chi connectivity index (χ4n) is 2.43. The van der Waals surface area contributed by atoms with Crippen molar-refractivity contribution in [3.63, 3.8) is 0 Å². The van der Waals surface area contributed by atoms with Crippen molar-refractivity contribution in [3.8, 4) is 17.2 Å². The molecular weight excluding hydrogens is 503 g/mol. The maximum Gasteiger partial charge on any atom is 0.257 e. The van der Waals surface area contributed by atoms with Crippen LogP contribution in [0.4, 0.5) is 0 Å². The Kier molecular flexibility index (Phi) is 8.69. The zero-order valence-corrected chi connectivity index (χ0v) is 19.5. The summed E-state index contributed by atoms with van der Waals surface area (Å²) < 4.78 is 0. The molecule has 0 saturated carbocycles. The highest BCUT2D eigenvalue weighted by molar-refractivity contribution is 6.31.